The van der Waals surface area contributed by atoms with Gasteiger partial charge in [-0.15, -0.1) is 0 Å². The molecule has 4 aromatic rings. The molecule has 1 atom stereocenters. The molecule has 0 bridgehead atoms. The fraction of sp³-hybridized carbons (Fsp3) is 0.227. The van der Waals surface area contributed by atoms with Gasteiger partial charge in [0.05, 0.1) is 28.2 Å². The van der Waals surface area contributed by atoms with Crippen LogP contribution in [0, 0.1) is 5.82 Å². The van der Waals surface area contributed by atoms with Crippen LogP contribution >= 0.6 is 0 Å². The van der Waals surface area contributed by atoms with Crippen molar-refractivity contribution in [3.05, 3.63) is 70.4 Å². The Bertz CT molecular complexity index is 1300. The van der Waals surface area contributed by atoms with Gasteiger partial charge in [0.15, 0.2) is 0 Å². The maximum absolute atomic E-state index is 13.2. The molecule has 30 heavy (non-hydrogen) atoms. The Balaban J connectivity index is 1.54. The minimum Gasteiger partial charge on any atom is -0.376 e. The van der Waals surface area contributed by atoms with E-state index in [0.29, 0.717) is 39.6 Å². The number of amides is 1. The van der Waals surface area contributed by atoms with Crippen molar-refractivity contribution in [2.75, 3.05) is 13.2 Å². The lowest BCUT2D eigenvalue weighted by atomic mass is 10.1. The number of hydrogen-bond acceptors (Lipinski definition) is 4. The summed E-state index contributed by atoms with van der Waals surface area (Å²) in [5.74, 6) is -0.585. The summed E-state index contributed by atoms with van der Waals surface area (Å²) in [4.78, 5) is 29.8. The van der Waals surface area contributed by atoms with Gasteiger partial charge in [0.25, 0.3) is 11.5 Å². The summed E-state index contributed by atoms with van der Waals surface area (Å²) in [7, 11) is 0. The third kappa shape index (κ3) is 3.25. The maximum atomic E-state index is 13.2. The van der Waals surface area contributed by atoms with Crippen LogP contribution in [0.1, 0.15) is 23.2 Å². The van der Waals surface area contributed by atoms with Gasteiger partial charge in [0, 0.05) is 30.3 Å². The van der Waals surface area contributed by atoms with E-state index in [1.165, 1.54) is 35.1 Å². The molecule has 1 aliphatic rings. The van der Waals surface area contributed by atoms with E-state index in [1.54, 1.807) is 18.2 Å². The molecule has 2 N–H and O–H groups in total. The molecule has 1 fully saturated rings. The second kappa shape index (κ2) is 7.38. The van der Waals surface area contributed by atoms with Crippen LogP contribution in [0.15, 0.2) is 53.5 Å². The smallest absolute Gasteiger partial charge is 0.280 e. The number of carbonyl (C=O) groups is 1. The van der Waals surface area contributed by atoms with Gasteiger partial charge in [0.2, 0.25) is 0 Å². The van der Waals surface area contributed by atoms with Gasteiger partial charge in [-0.2, -0.15) is 0 Å². The number of halogens is 1. The lowest BCUT2D eigenvalue weighted by molar-refractivity contribution is 0.0858. The van der Waals surface area contributed by atoms with E-state index in [-0.39, 0.29) is 23.4 Å². The molecule has 152 valence electrons. The molecule has 8 heteroatoms. The van der Waals surface area contributed by atoms with Crippen molar-refractivity contribution < 1.29 is 13.9 Å². The average molecular weight is 406 g/mol. The van der Waals surface area contributed by atoms with Gasteiger partial charge in [0.1, 0.15) is 5.82 Å². The fourth-order valence-electron chi connectivity index (χ4n) is 3.79. The first-order valence-corrected chi connectivity index (χ1v) is 9.79. The summed E-state index contributed by atoms with van der Waals surface area (Å²) < 4.78 is 20.1. The normalized spacial score (nSPS) is 16.4. The van der Waals surface area contributed by atoms with E-state index < -0.39 is 0 Å². The second-order valence-corrected chi connectivity index (χ2v) is 7.35. The van der Waals surface area contributed by atoms with Crippen LogP contribution in [-0.2, 0) is 4.74 Å². The van der Waals surface area contributed by atoms with Crippen LogP contribution in [0.5, 0.6) is 0 Å². The molecule has 1 amide bonds. The predicted molar refractivity (Wildman–Crippen MR) is 110 cm³/mol. The Morgan fingerprint density at radius 3 is 2.83 bits per heavy atom. The number of hydrogen-bond donors (Lipinski definition) is 2. The van der Waals surface area contributed by atoms with Crippen molar-refractivity contribution in [1.29, 1.82) is 0 Å². The molecule has 3 heterocycles. The highest BCUT2D eigenvalue weighted by atomic mass is 19.1. The molecule has 0 unspecified atom stereocenters. The Hall–Kier alpha value is -3.52. The zero-order valence-corrected chi connectivity index (χ0v) is 16.0. The first kappa shape index (κ1) is 18.5. The standard InChI is InChI=1S/C22H19FN4O3/c23-14-4-6-15(7-5-14)27-22(29)18-12-24-19-8-3-13(10-17(19)20(18)26-27)21(28)25-11-16-2-1-9-30-16/h3-8,10,12,16,26H,1-2,9,11H2,(H,25,28)/t16-/m0/s1. The predicted octanol–water partition coefficient (Wildman–Crippen LogP) is 2.91. The number of nitrogens with zero attached hydrogens (tertiary/aromatic N) is 2. The SMILES string of the molecule is O=C(NC[C@@H]1CCCO1)c1ccc2ncc3c(=O)n(-c4ccc(F)cc4)[nH]c3c2c1. The quantitative estimate of drug-likeness (QED) is 0.545. The van der Waals surface area contributed by atoms with Gasteiger partial charge in [-0.3, -0.25) is 19.7 Å². The molecule has 5 rings (SSSR count). The van der Waals surface area contributed by atoms with E-state index in [4.69, 9.17) is 4.74 Å². The lowest BCUT2D eigenvalue weighted by Crippen LogP contribution is -2.31. The topological polar surface area (TPSA) is 89.0 Å². The minimum atomic E-state index is -0.381. The first-order valence-electron chi connectivity index (χ1n) is 9.79. The summed E-state index contributed by atoms with van der Waals surface area (Å²) in [5, 5.41) is 7.03. The number of rotatable bonds is 4. The number of pyridine rings is 1. The Morgan fingerprint density at radius 1 is 1.23 bits per heavy atom. The minimum absolute atomic E-state index is 0.0591. The lowest BCUT2D eigenvalue weighted by Gasteiger charge is -2.11. The summed E-state index contributed by atoms with van der Waals surface area (Å²) >= 11 is 0. The molecule has 0 aliphatic carbocycles. The maximum Gasteiger partial charge on any atom is 0.280 e. The number of nitrogens with one attached hydrogen (secondary N) is 2. The molecule has 0 spiro atoms. The molecule has 0 saturated carbocycles. The van der Waals surface area contributed by atoms with Crippen LogP contribution in [0.3, 0.4) is 0 Å². The van der Waals surface area contributed by atoms with Crippen LogP contribution in [0.2, 0.25) is 0 Å². The fourth-order valence-corrected chi connectivity index (χ4v) is 3.79. The summed E-state index contributed by atoms with van der Waals surface area (Å²) in [6, 6.07) is 10.8. The molecular formula is C22H19FN4O3. The zero-order valence-electron chi connectivity index (χ0n) is 16.0. The van der Waals surface area contributed by atoms with Crippen LogP contribution in [0.25, 0.3) is 27.5 Å². The number of fused-ring (bicyclic) bond motifs is 3. The number of aromatic nitrogens is 3. The third-order valence-corrected chi connectivity index (χ3v) is 5.39. The van der Waals surface area contributed by atoms with Gasteiger partial charge in [-0.05, 0) is 55.3 Å². The molecule has 0 radical (unpaired) electrons. The third-order valence-electron chi connectivity index (χ3n) is 5.39. The molecule has 2 aromatic heterocycles. The summed E-state index contributed by atoms with van der Waals surface area (Å²) in [6.07, 6.45) is 3.52. The van der Waals surface area contributed by atoms with Gasteiger partial charge in [-0.25, -0.2) is 9.07 Å². The average Bonchev–Trinajstić information content (AvgIpc) is 3.40. The summed E-state index contributed by atoms with van der Waals surface area (Å²) in [6.45, 7) is 1.20. The first-order chi connectivity index (χ1) is 14.6. The number of H-pyrrole nitrogens is 1. The number of aromatic amines is 1. The van der Waals surface area contributed by atoms with Crippen LogP contribution in [-0.4, -0.2) is 39.9 Å². The van der Waals surface area contributed by atoms with E-state index >= 15 is 0 Å². The van der Waals surface area contributed by atoms with Crippen molar-refractivity contribution in [2.45, 2.75) is 18.9 Å². The van der Waals surface area contributed by atoms with Crippen molar-refractivity contribution in [3.8, 4) is 5.69 Å². The van der Waals surface area contributed by atoms with E-state index in [9.17, 15) is 14.0 Å². The van der Waals surface area contributed by atoms with Crippen molar-refractivity contribution in [1.82, 2.24) is 20.1 Å². The number of benzene rings is 2. The van der Waals surface area contributed by atoms with Crippen molar-refractivity contribution in [3.63, 3.8) is 0 Å². The largest absolute Gasteiger partial charge is 0.376 e. The van der Waals surface area contributed by atoms with Crippen molar-refractivity contribution >= 4 is 27.7 Å². The van der Waals surface area contributed by atoms with Gasteiger partial charge < -0.3 is 10.1 Å². The van der Waals surface area contributed by atoms with E-state index in [2.05, 4.69) is 15.4 Å². The molecule has 2 aromatic carbocycles. The molecular weight excluding hydrogens is 387 g/mol. The molecule has 1 saturated heterocycles. The molecule has 7 nitrogen and oxygen atoms in total. The second-order valence-electron chi connectivity index (χ2n) is 7.35. The Labute approximate surface area is 170 Å². The highest BCUT2D eigenvalue weighted by molar-refractivity contribution is 6.06. The van der Waals surface area contributed by atoms with E-state index in [0.717, 1.165) is 19.4 Å². The number of ether oxygens (including phenoxy) is 1. The highest BCUT2D eigenvalue weighted by Crippen LogP contribution is 2.22. The number of carbonyl (C=O) groups excluding carboxylic acids is 1. The monoisotopic (exact) mass is 406 g/mol. The Morgan fingerprint density at radius 2 is 2.07 bits per heavy atom. The van der Waals surface area contributed by atoms with Crippen LogP contribution in [0.4, 0.5) is 4.39 Å². The van der Waals surface area contributed by atoms with Gasteiger partial charge >= 0.3 is 0 Å². The Kier molecular flexibility index (Phi) is 4.55. The van der Waals surface area contributed by atoms with Crippen molar-refractivity contribution in [2.24, 2.45) is 0 Å². The summed E-state index contributed by atoms with van der Waals surface area (Å²) in [5.41, 5.74) is 1.93. The van der Waals surface area contributed by atoms with Gasteiger partial charge in [-0.1, -0.05) is 0 Å². The molecule has 1 aliphatic heterocycles. The van der Waals surface area contributed by atoms with Crippen LogP contribution < -0.4 is 10.9 Å². The zero-order chi connectivity index (χ0) is 20.7. The highest BCUT2D eigenvalue weighted by Gasteiger charge is 2.18. The van der Waals surface area contributed by atoms with E-state index in [1.807, 2.05) is 0 Å².